The van der Waals surface area contributed by atoms with Crippen LogP contribution in [0, 0.1) is 11.6 Å². The van der Waals surface area contributed by atoms with Crippen molar-refractivity contribution in [3.63, 3.8) is 0 Å². The molecule has 2 rings (SSSR count). The number of hydrogen-bond acceptors (Lipinski definition) is 4. The molecule has 0 spiro atoms. The summed E-state index contributed by atoms with van der Waals surface area (Å²) in [4.78, 5) is 10.2. The Morgan fingerprint density at radius 2 is 2.00 bits per heavy atom. The lowest BCUT2D eigenvalue weighted by atomic mass is 10.2. The van der Waals surface area contributed by atoms with Crippen molar-refractivity contribution in [3.8, 4) is 0 Å². The van der Waals surface area contributed by atoms with Gasteiger partial charge in [0, 0.05) is 23.5 Å². The van der Waals surface area contributed by atoms with Crippen molar-refractivity contribution >= 4 is 31.9 Å². The van der Waals surface area contributed by atoms with E-state index in [4.69, 9.17) is 5.11 Å². The fraction of sp³-hybridized carbons (Fsp3) is 0.364. The number of carboxylic acids is 1. The molecular formula is C11H10BrF2NO5S. The van der Waals surface area contributed by atoms with Crippen LogP contribution in [0.15, 0.2) is 21.5 Å². The number of aliphatic hydroxyl groups excluding tert-OH is 1. The second kappa shape index (κ2) is 5.59. The lowest BCUT2D eigenvalue weighted by Crippen LogP contribution is -2.41. The molecule has 0 aromatic heterocycles. The minimum atomic E-state index is -4.54. The van der Waals surface area contributed by atoms with Crippen LogP contribution in [0.2, 0.25) is 0 Å². The minimum Gasteiger partial charge on any atom is -0.480 e. The molecular weight excluding hydrogens is 376 g/mol. The maximum Gasteiger partial charge on any atom is 0.322 e. The molecule has 1 aliphatic heterocycles. The van der Waals surface area contributed by atoms with E-state index in [1.54, 1.807) is 0 Å². The minimum absolute atomic E-state index is 0.297. The van der Waals surface area contributed by atoms with Crippen molar-refractivity contribution in [3.05, 3.63) is 28.2 Å². The average molecular weight is 386 g/mol. The number of halogens is 3. The van der Waals surface area contributed by atoms with Gasteiger partial charge in [0.2, 0.25) is 10.0 Å². The molecule has 1 aromatic rings. The van der Waals surface area contributed by atoms with Crippen LogP contribution in [0.4, 0.5) is 8.78 Å². The Labute approximate surface area is 127 Å². The summed E-state index contributed by atoms with van der Waals surface area (Å²) in [5.74, 6) is -3.77. The number of β-amino-alcohol motifs (C(OH)–C–C–N with tert-alkyl or cyclic N) is 1. The summed E-state index contributed by atoms with van der Waals surface area (Å²) in [5.41, 5.74) is 0. The van der Waals surface area contributed by atoms with Crippen molar-refractivity contribution < 1.29 is 32.2 Å². The van der Waals surface area contributed by atoms with Gasteiger partial charge >= 0.3 is 5.97 Å². The van der Waals surface area contributed by atoms with E-state index in [2.05, 4.69) is 15.9 Å². The highest BCUT2D eigenvalue weighted by molar-refractivity contribution is 9.10. The summed E-state index contributed by atoms with van der Waals surface area (Å²) in [6, 6.07) is -0.348. The van der Waals surface area contributed by atoms with Crippen molar-refractivity contribution in [2.24, 2.45) is 0 Å². The zero-order valence-electron chi connectivity index (χ0n) is 10.3. The molecule has 1 saturated heterocycles. The molecule has 1 heterocycles. The Bertz CT molecular complexity index is 673. The molecule has 2 atom stereocenters. The standard InChI is InChI=1S/C11H10BrF2NO5S/c12-7-1-5(13)2-8(14)10(7)21(19,20)15-4-6(16)3-9(15)11(17)18/h1-2,6,9,16H,3-4H2,(H,17,18). The molecule has 1 fully saturated rings. The summed E-state index contributed by atoms with van der Waals surface area (Å²) in [6.07, 6.45) is -1.46. The Morgan fingerprint density at radius 3 is 2.52 bits per heavy atom. The van der Waals surface area contributed by atoms with Crippen LogP contribution in [0.25, 0.3) is 0 Å². The van der Waals surface area contributed by atoms with Crippen LogP contribution >= 0.6 is 15.9 Å². The number of benzene rings is 1. The Kier molecular flexibility index (Phi) is 4.34. The van der Waals surface area contributed by atoms with Gasteiger partial charge in [0.25, 0.3) is 0 Å². The van der Waals surface area contributed by atoms with Crippen molar-refractivity contribution in [2.75, 3.05) is 6.54 Å². The summed E-state index contributed by atoms with van der Waals surface area (Å²) in [5, 5.41) is 18.5. The van der Waals surface area contributed by atoms with Crippen LogP contribution < -0.4 is 0 Å². The number of rotatable bonds is 3. The first-order valence-corrected chi connectivity index (χ1v) is 7.95. The number of carboxylic acid groups (broad SMARTS) is 1. The van der Waals surface area contributed by atoms with Crippen LogP contribution in [0.3, 0.4) is 0 Å². The van der Waals surface area contributed by atoms with Gasteiger partial charge in [0.1, 0.15) is 22.6 Å². The number of nitrogens with zero attached hydrogens (tertiary/aromatic N) is 1. The highest BCUT2D eigenvalue weighted by Crippen LogP contribution is 2.33. The first-order chi connectivity index (χ1) is 9.64. The zero-order valence-corrected chi connectivity index (χ0v) is 12.7. The van der Waals surface area contributed by atoms with E-state index in [0.29, 0.717) is 10.4 Å². The molecule has 10 heteroatoms. The van der Waals surface area contributed by atoms with Gasteiger partial charge in [0.15, 0.2) is 0 Å². The Balaban J connectivity index is 2.55. The van der Waals surface area contributed by atoms with Crippen molar-refractivity contribution in [1.82, 2.24) is 4.31 Å². The van der Waals surface area contributed by atoms with E-state index in [0.717, 1.165) is 6.07 Å². The van der Waals surface area contributed by atoms with E-state index in [1.165, 1.54) is 0 Å². The highest BCUT2D eigenvalue weighted by Gasteiger charge is 2.45. The first kappa shape index (κ1) is 16.3. The highest BCUT2D eigenvalue weighted by atomic mass is 79.9. The monoisotopic (exact) mass is 385 g/mol. The predicted octanol–water partition coefficient (Wildman–Crippen LogP) is 0.936. The molecule has 6 nitrogen and oxygen atoms in total. The predicted molar refractivity (Wildman–Crippen MR) is 70.0 cm³/mol. The second-order valence-electron chi connectivity index (χ2n) is 4.52. The van der Waals surface area contributed by atoms with Crippen LogP contribution in [0.5, 0.6) is 0 Å². The lowest BCUT2D eigenvalue weighted by molar-refractivity contribution is -0.140. The smallest absolute Gasteiger partial charge is 0.322 e. The number of aliphatic carboxylic acids is 1. The number of aliphatic hydroxyl groups is 1. The molecule has 0 bridgehead atoms. The Morgan fingerprint density at radius 1 is 1.38 bits per heavy atom. The van der Waals surface area contributed by atoms with Crippen molar-refractivity contribution in [2.45, 2.75) is 23.5 Å². The van der Waals surface area contributed by atoms with Gasteiger partial charge in [-0.05, 0) is 22.0 Å². The maximum absolute atomic E-state index is 13.8. The SMILES string of the molecule is O=C(O)C1CC(O)CN1S(=O)(=O)c1c(F)cc(F)cc1Br. The molecule has 2 unspecified atom stereocenters. The van der Waals surface area contributed by atoms with Crippen LogP contribution in [0.1, 0.15) is 6.42 Å². The number of sulfonamides is 1. The fourth-order valence-electron chi connectivity index (χ4n) is 2.17. The van der Waals surface area contributed by atoms with Gasteiger partial charge in [-0.25, -0.2) is 17.2 Å². The van der Waals surface area contributed by atoms with Gasteiger partial charge in [-0.15, -0.1) is 0 Å². The molecule has 1 aliphatic rings. The quantitative estimate of drug-likeness (QED) is 0.806. The van der Waals surface area contributed by atoms with Crippen LogP contribution in [-0.2, 0) is 14.8 Å². The molecule has 2 N–H and O–H groups in total. The molecule has 0 amide bonds. The van der Waals surface area contributed by atoms with E-state index < -0.39 is 51.2 Å². The third-order valence-electron chi connectivity index (χ3n) is 3.05. The molecule has 21 heavy (non-hydrogen) atoms. The summed E-state index contributed by atoms with van der Waals surface area (Å²) >= 11 is 2.76. The summed E-state index contributed by atoms with van der Waals surface area (Å²) in [6.45, 7) is -0.470. The van der Waals surface area contributed by atoms with Gasteiger partial charge in [-0.3, -0.25) is 4.79 Å². The molecule has 0 saturated carbocycles. The van der Waals surface area contributed by atoms with Crippen LogP contribution in [-0.4, -0.2) is 47.6 Å². The average Bonchev–Trinajstić information content (AvgIpc) is 2.70. The van der Waals surface area contributed by atoms with E-state index in [1.807, 2.05) is 0 Å². The van der Waals surface area contributed by atoms with Gasteiger partial charge in [-0.2, -0.15) is 4.31 Å². The molecule has 1 aromatic carbocycles. The van der Waals surface area contributed by atoms with Crippen molar-refractivity contribution in [1.29, 1.82) is 0 Å². The molecule has 0 aliphatic carbocycles. The normalized spacial score (nSPS) is 23.4. The topological polar surface area (TPSA) is 94.9 Å². The third-order valence-corrected chi connectivity index (χ3v) is 5.89. The van der Waals surface area contributed by atoms with E-state index >= 15 is 0 Å². The van der Waals surface area contributed by atoms with E-state index in [-0.39, 0.29) is 10.9 Å². The number of hydrogen-bond donors (Lipinski definition) is 2. The van der Waals surface area contributed by atoms with Gasteiger partial charge < -0.3 is 10.2 Å². The lowest BCUT2D eigenvalue weighted by Gasteiger charge is -2.21. The summed E-state index contributed by atoms with van der Waals surface area (Å²) < 4.78 is 51.8. The fourth-order valence-corrected chi connectivity index (χ4v) is 4.91. The molecule has 0 radical (unpaired) electrons. The molecule has 116 valence electrons. The maximum atomic E-state index is 13.8. The third kappa shape index (κ3) is 2.93. The second-order valence-corrected chi connectivity index (χ2v) is 7.20. The largest absolute Gasteiger partial charge is 0.480 e. The summed E-state index contributed by atoms with van der Waals surface area (Å²) in [7, 11) is -4.54. The number of carbonyl (C=O) groups is 1. The Hall–Kier alpha value is -1.10. The van der Waals surface area contributed by atoms with Gasteiger partial charge in [-0.1, -0.05) is 0 Å². The van der Waals surface area contributed by atoms with Gasteiger partial charge in [0.05, 0.1) is 6.10 Å². The first-order valence-electron chi connectivity index (χ1n) is 5.72. The zero-order chi connectivity index (χ0) is 15.9. The van der Waals surface area contributed by atoms with E-state index in [9.17, 15) is 27.1 Å².